The molecule has 0 N–H and O–H groups in total. The highest BCUT2D eigenvalue weighted by Gasteiger charge is 2.29. The summed E-state index contributed by atoms with van der Waals surface area (Å²) in [6.07, 6.45) is 4.34. The zero-order chi connectivity index (χ0) is 15.5. The van der Waals surface area contributed by atoms with Crippen molar-refractivity contribution in [2.24, 2.45) is 0 Å². The lowest BCUT2D eigenvalue weighted by atomic mass is 10.1. The minimum absolute atomic E-state index is 0.00311. The first-order valence-corrected chi connectivity index (χ1v) is 7.43. The molecule has 0 fully saturated rings. The monoisotopic (exact) mass is 293 g/mol. The van der Waals surface area contributed by atoms with Gasteiger partial charge in [0.2, 0.25) is 0 Å². The number of methoxy groups -OCH3 is 1. The van der Waals surface area contributed by atoms with Crippen molar-refractivity contribution in [3.8, 4) is 5.75 Å². The van der Waals surface area contributed by atoms with Gasteiger partial charge in [-0.25, -0.2) is 0 Å². The summed E-state index contributed by atoms with van der Waals surface area (Å²) in [6, 6.07) is 15.9. The predicted octanol–water partition coefficient (Wildman–Crippen LogP) is 3.69. The Labute approximate surface area is 130 Å². The van der Waals surface area contributed by atoms with Crippen LogP contribution in [0.2, 0.25) is 0 Å². The first-order chi connectivity index (χ1) is 10.7. The molecule has 0 bridgehead atoms. The van der Waals surface area contributed by atoms with Crippen molar-refractivity contribution in [2.75, 3.05) is 12.0 Å². The molecule has 112 valence electrons. The SMILES string of the molecule is COc1ccccc1/C=C/C(=O)N1c2ccccc2CC1C. The third-order valence-corrected chi connectivity index (χ3v) is 3.99. The molecule has 2 aromatic carbocycles. The molecule has 0 saturated heterocycles. The van der Waals surface area contributed by atoms with Crippen LogP contribution < -0.4 is 9.64 Å². The van der Waals surface area contributed by atoms with Gasteiger partial charge in [0.1, 0.15) is 5.75 Å². The molecule has 22 heavy (non-hydrogen) atoms. The summed E-state index contributed by atoms with van der Waals surface area (Å²) in [7, 11) is 1.63. The Hall–Kier alpha value is -2.55. The van der Waals surface area contributed by atoms with Crippen LogP contribution >= 0.6 is 0 Å². The second-order valence-electron chi connectivity index (χ2n) is 5.47. The second kappa shape index (κ2) is 6.06. The maximum Gasteiger partial charge on any atom is 0.251 e. The van der Waals surface area contributed by atoms with E-state index in [1.807, 2.05) is 53.4 Å². The number of ether oxygens (including phenoxy) is 1. The molecule has 1 aliphatic heterocycles. The highest BCUT2D eigenvalue weighted by atomic mass is 16.5. The smallest absolute Gasteiger partial charge is 0.251 e. The van der Waals surface area contributed by atoms with E-state index < -0.39 is 0 Å². The van der Waals surface area contributed by atoms with Crippen molar-refractivity contribution in [1.29, 1.82) is 0 Å². The summed E-state index contributed by atoms with van der Waals surface area (Å²) in [5.74, 6) is 0.768. The van der Waals surface area contributed by atoms with E-state index in [1.165, 1.54) is 5.56 Å². The summed E-state index contributed by atoms with van der Waals surface area (Å²) in [4.78, 5) is 14.5. The third-order valence-electron chi connectivity index (χ3n) is 3.99. The fourth-order valence-electron chi connectivity index (χ4n) is 2.95. The standard InChI is InChI=1S/C19H19NO2/c1-14-13-16-8-3-5-9-17(16)20(14)19(21)12-11-15-7-4-6-10-18(15)22-2/h3-12,14H,13H2,1-2H3/b12-11+. The summed E-state index contributed by atoms with van der Waals surface area (Å²) < 4.78 is 5.30. The molecule has 1 heterocycles. The van der Waals surface area contributed by atoms with Gasteiger partial charge in [0.25, 0.3) is 5.91 Å². The van der Waals surface area contributed by atoms with E-state index >= 15 is 0 Å². The molecule has 0 aromatic heterocycles. The van der Waals surface area contributed by atoms with Crippen LogP contribution in [-0.2, 0) is 11.2 Å². The number of para-hydroxylation sites is 2. The van der Waals surface area contributed by atoms with Crippen LogP contribution in [0.3, 0.4) is 0 Å². The third kappa shape index (κ3) is 2.62. The van der Waals surface area contributed by atoms with Crippen LogP contribution in [0.4, 0.5) is 5.69 Å². The first-order valence-electron chi connectivity index (χ1n) is 7.43. The molecule has 0 saturated carbocycles. The van der Waals surface area contributed by atoms with E-state index in [9.17, 15) is 4.79 Å². The number of anilines is 1. The van der Waals surface area contributed by atoms with E-state index in [0.717, 1.165) is 23.4 Å². The Balaban J connectivity index is 1.84. The Bertz CT molecular complexity index is 721. The quantitative estimate of drug-likeness (QED) is 0.808. The van der Waals surface area contributed by atoms with Crippen molar-refractivity contribution >= 4 is 17.7 Å². The van der Waals surface area contributed by atoms with Gasteiger partial charge in [-0.2, -0.15) is 0 Å². The van der Waals surface area contributed by atoms with Gasteiger partial charge in [0, 0.05) is 23.4 Å². The van der Waals surface area contributed by atoms with Gasteiger partial charge >= 0.3 is 0 Å². The highest BCUT2D eigenvalue weighted by molar-refractivity contribution is 6.05. The Kier molecular flexibility index (Phi) is 3.96. The molecule has 1 unspecified atom stereocenters. The van der Waals surface area contributed by atoms with Gasteiger partial charge in [-0.1, -0.05) is 36.4 Å². The number of fused-ring (bicyclic) bond motifs is 1. The molecule has 3 rings (SSSR count). The molecule has 2 aromatic rings. The predicted molar refractivity (Wildman–Crippen MR) is 89.1 cm³/mol. The second-order valence-corrected chi connectivity index (χ2v) is 5.47. The lowest BCUT2D eigenvalue weighted by molar-refractivity contribution is -0.114. The highest BCUT2D eigenvalue weighted by Crippen LogP contribution is 2.32. The van der Waals surface area contributed by atoms with Crippen LogP contribution in [0.25, 0.3) is 6.08 Å². The minimum Gasteiger partial charge on any atom is -0.496 e. The zero-order valence-electron chi connectivity index (χ0n) is 12.8. The van der Waals surface area contributed by atoms with Crippen LogP contribution in [-0.4, -0.2) is 19.1 Å². The lowest BCUT2D eigenvalue weighted by Crippen LogP contribution is -2.34. The minimum atomic E-state index is 0.00311. The normalized spacial score (nSPS) is 16.8. The molecular formula is C19H19NO2. The lowest BCUT2D eigenvalue weighted by Gasteiger charge is -2.21. The molecule has 0 spiro atoms. The number of hydrogen-bond donors (Lipinski definition) is 0. The molecule has 0 radical (unpaired) electrons. The maximum absolute atomic E-state index is 12.6. The summed E-state index contributed by atoms with van der Waals surface area (Å²) in [5, 5.41) is 0. The Morgan fingerprint density at radius 3 is 2.73 bits per heavy atom. The van der Waals surface area contributed by atoms with Crippen molar-refractivity contribution in [3.05, 3.63) is 65.7 Å². The molecule has 1 amide bonds. The molecule has 3 nitrogen and oxygen atoms in total. The van der Waals surface area contributed by atoms with E-state index in [1.54, 1.807) is 13.2 Å². The Morgan fingerprint density at radius 1 is 1.18 bits per heavy atom. The topological polar surface area (TPSA) is 29.5 Å². The van der Waals surface area contributed by atoms with Crippen molar-refractivity contribution in [1.82, 2.24) is 0 Å². The maximum atomic E-state index is 12.6. The number of hydrogen-bond acceptors (Lipinski definition) is 2. The summed E-state index contributed by atoms with van der Waals surface area (Å²) in [6.45, 7) is 2.08. The van der Waals surface area contributed by atoms with Crippen molar-refractivity contribution in [3.63, 3.8) is 0 Å². The van der Waals surface area contributed by atoms with E-state index in [4.69, 9.17) is 4.74 Å². The number of rotatable bonds is 3. The average molecular weight is 293 g/mol. The summed E-state index contributed by atoms with van der Waals surface area (Å²) >= 11 is 0. The van der Waals surface area contributed by atoms with Gasteiger partial charge < -0.3 is 9.64 Å². The van der Waals surface area contributed by atoms with Crippen LogP contribution in [0.15, 0.2) is 54.6 Å². The van der Waals surface area contributed by atoms with Crippen LogP contribution in [0, 0.1) is 0 Å². The number of amides is 1. The molecular weight excluding hydrogens is 274 g/mol. The van der Waals surface area contributed by atoms with Crippen LogP contribution in [0.5, 0.6) is 5.75 Å². The molecule has 1 aliphatic rings. The first kappa shape index (κ1) is 14.4. The molecule has 1 atom stereocenters. The van der Waals surface area contributed by atoms with E-state index in [0.29, 0.717) is 0 Å². The number of carbonyl (C=O) groups is 1. The number of carbonyl (C=O) groups excluding carboxylic acids is 1. The average Bonchev–Trinajstić information content (AvgIpc) is 2.88. The van der Waals surface area contributed by atoms with Gasteiger partial charge in [-0.3, -0.25) is 4.79 Å². The number of nitrogens with zero attached hydrogens (tertiary/aromatic N) is 1. The molecule has 0 aliphatic carbocycles. The van der Waals surface area contributed by atoms with Crippen molar-refractivity contribution < 1.29 is 9.53 Å². The largest absolute Gasteiger partial charge is 0.496 e. The molecule has 3 heteroatoms. The van der Waals surface area contributed by atoms with Gasteiger partial charge in [-0.05, 0) is 37.1 Å². The Morgan fingerprint density at radius 2 is 1.91 bits per heavy atom. The summed E-state index contributed by atoms with van der Waals surface area (Å²) in [5.41, 5.74) is 3.15. The van der Waals surface area contributed by atoms with Gasteiger partial charge in [0.15, 0.2) is 0 Å². The van der Waals surface area contributed by atoms with E-state index in [2.05, 4.69) is 13.0 Å². The van der Waals surface area contributed by atoms with Crippen molar-refractivity contribution in [2.45, 2.75) is 19.4 Å². The fraction of sp³-hybridized carbons (Fsp3) is 0.211. The van der Waals surface area contributed by atoms with Crippen LogP contribution in [0.1, 0.15) is 18.1 Å². The van der Waals surface area contributed by atoms with Gasteiger partial charge in [-0.15, -0.1) is 0 Å². The van der Waals surface area contributed by atoms with E-state index in [-0.39, 0.29) is 11.9 Å². The fourth-order valence-corrected chi connectivity index (χ4v) is 2.95. The van der Waals surface area contributed by atoms with Gasteiger partial charge in [0.05, 0.1) is 7.11 Å². The zero-order valence-corrected chi connectivity index (χ0v) is 12.8. The number of benzene rings is 2.